The normalized spacial score (nSPS) is 33.2. The molecule has 12 heavy (non-hydrogen) atoms. The van der Waals surface area contributed by atoms with Crippen LogP contribution >= 0.6 is 0 Å². The Balaban J connectivity index is 2.77. The molecule has 0 aromatic heterocycles. The zero-order chi connectivity index (χ0) is 9.35. The molecule has 70 valence electrons. The highest BCUT2D eigenvalue weighted by molar-refractivity contribution is 7.91. The lowest BCUT2D eigenvalue weighted by Crippen LogP contribution is -2.27. The number of methoxy groups -OCH3 is 1. The number of aliphatic hydroxyl groups excluding tert-OH is 1. The van der Waals surface area contributed by atoms with Crippen LogP contribution in [0.5, 0.6) is 0 Å². The number of esters is 1. The van der Waals surface area contributed by atoms with E-state index in [1.807, 2.05) is 0 Å². The molecule has 0 aliphatic carbocycles. The van der Waals surface area contributed by atoms with Crippen LogP contribution in [0.4, 0.5) is 0 Å². The molecule has 1 saturated heterocycles. The lowest BCUT2D eigenvalue weighted by atomic mass is 10.1. The van der Waals surface area contributed by atoms with Gasteiger partial charge in [-0.3, -0.25) is 4.79 Å². The third-order valence-electron chi connectivity index (χ3n) is 1.83. The number of sulfone groups is 1. The number of carbonyl (C=O) groups is 1. The van der Waals surface area contributed by atoms with Crippen molar-refractivity contribution in [1.82, 2.24) is 0 Å². The molecular formula is C6H10O5S. The van der Waals surface area contributed by atoms with E-state index >= 15 is 0 Å². The largest absolute Gasteiger partial charge is 0.469 e. The summed E-state index contributed by atoms with van der Waals surface area (Å²) in [7, 11) is -2.08. The minimum absolute atomic E-state index is 0.305. The van der Waals surface area contributed by atoms with E-state index in [1.165, 1.54) is 7.11 Å². The highest BCUT2D eigenvalue weighted by atomic mass is 32.2. The lowest BCUT2D eigenvalue weighted by molar-refractivity contribution is -0.147. The van der Waals surface area contributed by atoms with Gasteiger partial charge < -0.3 is 9.84 Å². The molecule has 0 amide bonds. The molecule has 0 unspecified atom stereocenters. The van der Waals surface area contributed by atoms with E-state index in [9.17, 15) is 13.2 Å². The second kappa shape index (κ2) is 3.02. The van der Waals surface area contributed by atoms with Crippen molar-refractivity contribution in [2.45, 2.75) is 6.10 Å². The second-order valence-electron chi connectivity index (χ2n) is 2.77. The van der Waals surface area contributed by atoms with Gasteiger partial charge in [0.15, 0.2) is 9.84 Å². The summed E-state index contributed by atoms with van der Waals surface area (Å²) >= 11 is 0. The van der Waals surface area contributed by atoms with Crippen LogP contribution in [0.1, 0.15) is 0 Å². The van der Waals surface area contributed by atoms with Crippen molar-refractivity contribution in [2.24, 2.45) is 5.92 Å². The number of ether oxygens (including phenoxy) is 1. The maximum atomic E-state index is 10.9. The van der Waals surface area contributed by atoms with E-state index in [0.717, 1.165) is 0 Å². The zero-order valence-corrected chi connectivity index (χ0v) is 7.37. The molecule has 1 aliphatic rings. The van der Waals surface area contributed by atoms with E-state index in [2.05, 4.69) is 4.74 Å². The summed E-state index contributed by atoms with van der Waals surface area (Å²) in [5, 5.41) is 9.15. The van der Waals surface area contributed by atoms with Gasteiger partial charge in [-0.1, -0.05) is 0 Å². The number of hydrogen-bond donors (Lipinski definition) is 1. The van der Waals surface area contributed by atoms with Crippen molar-refractivity contribution >= 4 is 15.8 Å². The number of aliphatic hydroxyl groups is 1. The van der Waals surface area contributed by atoms with Crippen LogP contribution in [0, 0.1) is 5.92 Å². The number of hydrogen-bond acceptors (Lipinski definition) is 5. The van der Waals surface area contributed by atoms with Gasteiger partial charge in [0.25, 0.3) is 0 Å². The van der Waals surface area contributed by atoms with Crippen molar-refractivity contribution in [2.75, 3.05) is 18.6 Å². The smallest absolute Gasteiger partial charge is 0.312 e. The standard InChI is InChI=1S/C6H10O5S/c1-11-6(8)4-2-12(9,10)3-5(4)7/h4-5,7H,2-3H2,1H3/t4-,5+/m0/s1. The molecule has 0 spiro atoms. The van der Waals surface area contributed by atoms with E-state index < -0.39 is 27.8 Å². The van der Waals surface area contributed by atoms with Crippen molar-refractivity contribution in [3.05, 3.63) is 0 Å². The third kappa shape index (κ3) is 1.75. The average molecular weight is 194 g/mol. The average Bonchev–Trinajstić information content (AvgIpc) is 2.23. The predicted octanol–water partition coefficient (Wildman–Crippen LogP) is -1.44. The van der Waals surface area contributed by atoms with Gasteiger partial charge in [-0.2, -0.15) is 0 Å². The molecule has 1 aliphatic heterocycles. The molecule has 1 heterocycles. The first kappa shape index (κ1) is 9.47. The molecule has 0 aromatic rings. The molecule has 1 N–H and O–H groups in total. The van der Waals surface area contributed by atoms with Crippen LogP contribution in [0.2, 0.25) is 0 Å². The Bertz CT molecular complexity index is 280. The highest BCUT2D eigenvalue weighted by Crippen LogP contribution is 2.19. The minimum atomic E-state index is -3.25. The molecule has 0 aromatic carbocycles. The first-order chi connectivity index (χ1) is 5.46. The number of carbonyl (C=O) groups excluding carboxylic acids is 1. The van der Waals surface area contributed by atoms with Crippen LogP contribution in [0.3, 0.4) is 0 Å². The molecule has 5 nitrogen and oxygen atoms in total. The highest BCUT2D eigenvalue weighted by Gasteiger charge is 2.41. The molecule has 0 saturated carbocycles. The summed E-state index contributed by atoms with van der Waals surface area (Å²) in [5.41, 5.74) is 0. The quantitative estimate of drug-likeness (QED) is 0.517. The first-order valence-electron chi connectivity index (χ1n) is 3.42. The Morgan fingerprint density at radius 3 is 2.42 bits per heavy atom. The maximum Gasteiger partial charge on any atom is 0.312 e. The molecular weight excluding hydrogens is 184 g/mol. The van der Waals surface area contributed by atoms with Crippen LogP contribution in [-0.4, -0.2) is 44.2 Å². The first-order valence-corrected chi connectivity index (χ1v) is 5.25. The maximum absolute atomic E-state index is 10.9. The molecule has 0 bridgehead atoms. The van der Waals surface area contributed by atoms with Crippen molar-refractivity contribution < 1.29 is 23.1 Å². The SMILES string of the molecule is COC(=O)[C@H]1CS(=O)(=O)C[C@H]1O. The second-order valence-corrected chi connectivity index (χ2v) is 4.93. The summed E-state index contributed by atoms with van der Waals surface area (Å²) in [5.74, 6) is -2.21. The van der Waals surface area contributed by atoms with Gasteiger partial charge in [0.05, 0.1) is 30.6 Å². The molecule has 2 atom stereocenters. The fourth-order valence-corrected chi connectivity index (χ4v) is 3.00. The molecule has 6 heteroatoms. The van der Waals surface area contributed by atoms with Crippen molar-refractivity contribution in [1.29, 1.82) is 0 Å². The van der Waals surface area contributed by atoms with E-state index in [1.54, 1.807) is 0 Å². The Morgan fingerprint density at radius 2 is 2.08 bits per heavy atom. The van der Waals surface area contributed by atoms with Crippen molar-refractivity contribution in [3.63, 3.8) is 0 Å². The topological polar surface area (TPSA) is 80.7 Å². The molecule has 0 radical (unpaired) electrons. The van der Waals surface area contributed by atoms with Gasteiger partial charge in [-0.15, -0.1) is 0 Å². The predicted molar refractivity (Wildman–Crippen MR) is 40.2 cm³/mol. The van der Waals surface area contributed by atoms with Gasteiger partial charge >= 0.3 is 5.97 Å². The Labute approximate surface area is 70.3 Å². The molecule has 1 rings (SSSR count). The van der Waals surface area contributed by atoms with Gasteiger partial charge in [0.2, 0.25) is 0 Å². The fraction of sp³-hybridized carbons (Fsp3) is 0.833. The van der Waals surface area contributed by atoms with Crippen LogP contribution in [0.15, 0.2) is 0 Å². The minimum Gasteiger partial charge on any atom is -0.469 e. The van der Waals surface area contributed by atoms with Crippen molar-refractivity contribution in [3.8, 4) is 0 Å². The van der Waals surface area contributed by atoms with Crippen LogP contribution < -0.4 is 0 Å². The summed E-state index contributed by atoms with van der Waals surface area (Å²) in [4.78, 5) is 10.9. The molecule has 1 fully saturated rings. The third-order valence-corrected chi connectivity index (χ3v) is 3.54. The summed E-state index contributed by atoms with van der Waals surface area (Å²) in [6, 6.07) is 0. The fourth-order valence-electron chi connectivity index (χ4n) is 1.21. The van der Waals surface area contributed by atoms with Gasteiger partial charge in [0.1, 0.15) is 0 Å². The summed E-state index contributed by atoms with van der Waals surface area (Å²) in [6.07, 6.45) is -1.11. The zero-order valence-electron chi connectivity index (χ0n) is 6.56. The Morgan fingerprint density at radius 1 is 1.50 bits per heavy atom. The Kier molecular flexibility index (Phi) is 2.39. The van der Waals surface area contributed by atoms with E-state index in [4.69, 9.17) is 5.11 Å². The summed E-state index contributed by atoms with van der Waals surface area (Å²) < 4.78 is 26.1. The monoisotopic (exact) mass is 194 g/mol. The van der Waals surface area contributed by atoms with Gasteiger partial charge in [0, 0.05) is 0 Å². The van der Waals surface area contributed by atoms with Gasteiger partial charge in [-0.25, -0.2) is 8.42 Å². The Hall–Kier alpha value is -0.620. The number of rotatable bonds is 1. The van der Waals surface area contributed by atoms with Crippen LogP contribution in [-0.2, 0) is 19.4 Å². The van der Waals surface area contributed by atoms with Crippen LogP contribution in [0.25, 0.3) is 0 Å². The van der Waals surface area contributed by atoms with Gasteiger partial charge in [-0.05, 0) is 0 Å². The summed E-state index contributed by atoms with van der Waals surface area (Å²) in [6.45, 7) is 0. The van der Waals surface area contributed by atoms with E-state index in [-0.39, 0.29) is 11.5 Å². The van der Waals surface area contributed by atoms with E-state index in [0.29, 0.717) is 0 Å². The lowest BCUT2D eigenvalue weighted by Gasteiger charge is -2.08.